The Balaban J connectivity index is 2.42. The normalized spacial score (nSPS) is 11.9. The molecule has 1 aromatic rings. The maximum atomic E-state index is 11.4. The van der Waals surface area contributed by atoms with Crippen molar-refractivity contribution in [3.63, 3.8) is 0 Å². The molecule has 0 aliphatic heterocycles. The maximum absolute atomic E-state index is 11.4. The van der Waals surface area contributed by atoms with Gasteiger partial charge in [0.15, 0.2) is 0 Å². The van der Waals surface area contributed by atoms with Gasteiger partial charge in [-0.15, -0.1) is 0 Å². The monoisotopic (exact) mass is 316 g/mol. The highest BCUT2D eigenvalue weighted by Gasteiger charge is 2.13. The Morgan fingerprint density at radius 1 is 1.43 bits per heavy atom. The molecule has 0 unspecified atom stereocenters. The Labute approximate surface area is 126 Å². The second kappa shape index (κ2) is 8.14. The molecule has 1 rings (SSSR count). The third-order valence-corrected chi connectivity index (χ3v) is 4.05. The van der Waals surface area contributed by atoms with E-state index in [1.165, 1.54) is 10.6 Å². The molecule has 21 heavy (non-hydrogen) atoms. The van der Waals surface area contributed by atoms with Crippen LogP contribution in [0.15, 0.2) is 12.3 Å². The summed E-state index contributed by atoms with van der Waals surface area (Å²) < 4.78 is 29.8. The molecule has 1 N–H and O–H groups in total. The summed E-state index contributed by atoms with van der Waals surface area (Å²) in [5.74, 6) is 1.00. The molecule has 8 heteroatoms. The first kappa shape index (κ1) is 17.6. The van der Waals surface area contributed by atoms with Gasteiger partial charge in [0.05, 0.1) is 12.4 Å². The number of hydrogen-bond acceptors (Lipinski definition) is 6. The largest absolute Gasteiger partial charge is 0.475 e. The Kier molecular flexibility index (Phi) is 6.83. The lowest BCUT2D eigenvalue weighted by Crippen LogP contribution is -2.31. The first-order valence-corrected chi connectivity index (χ1v) is 8.86. The predicted octanol–water partition coefficient (Wildman–Crippen LogP) is 1.35. The molecule has 0 saturated heterocycles. The van der Waals surface area contributed by atoms with E-state index < -0.39 is 10.0 Å². The van der Waals surface area contributed by atoms with Gasteiger partial charge in [0.1, 0.15) is 0 Å². The summed E-state index contributed by atoms with van der Waals surface area (Å²) >= 11 is 0. The zero-order valence-corrected chi connectivity index (χ0v) is 13.9. The van der Waals surface area contributed by atoms with Crippen LogP contribution in [0.3, 0.4) is 0 Å². The van der Waals surface area contributed by atoms with Crippen LogP contribution >= 0.6 is 0 Å². The molecule has 120 valence electrons. The van der Waals surface area contributed by atoms with E-state index in [9.17, 15) is 8.42 Å². The molecule has 7 nitrogen and oxygen atoms in total. The summed E-state index contributed by atoms with van der Waals surface area (Å²) in [5, 5.41) is 3.07. The fourth-order valence-electron chi connectivity index (χ4n) is 1.75. The first-order valence-electron chi connectivity index (χ1n) is 7.01. The summed E-state index contributed by atoms with van der Waals surface area (Å²) in [5.41, 5.74) is 0. The Morgan fingerprint density at radius 3 is 2.71 bits per heavy atom. The fourth-order valence-corrected chi connectivity index (χ4v) is 2.68. The third-order valence-electron chi connectivity index (χ3n) is 2.68. The lowest BCUT2D eigenvalue weighted by atomic mass is 10.4. The Hall–Kier alpha value is -1.41. The van der Waals surface area contributed by atoms with Gasteiger partial charge in [-0.1, -0.05) is 6.92 Å². The second-order valence-corrected chi connectivity index (χ2v) is 6.90. The van der Waals surface area contributed by atoms with E-state index in [0.717, 1.165) is 0 Å². The van der Waals surface area contributed by atoms with Crippen molar-refractivity contribution in [2.45, 2.75) is 33.3 Å². The van der Waals surface area contributed by atoms with E-state index in [0.29, 0.717) is 37.9 Å². The molecule has 0 aromatic carbocycles. The molecular weight excluding hydrogens is 292 g/mol. The van der Waals surface area contributed by atoms with Crippen molar-refractivity contribution in [3.05, 3.63) is 12.3 Å². The Bertz CT molecular complexity index is 534. The minimum Gasteiger partial charge on any atom is -0.475 e. The number of sulfonamides is 1. The smallest absolute Gasteiger partial charge is 0.225 e. The SMILES string of the molecule is CCN(CCCNc1nccc(OC(C)C)n1)S(C)(=O)=O. The standard InChI is InChI=1S/C13H24N4O3S/c1-5-17(21(4,18)19)10-6-8-14-13-15-9-7-12(16-13)20-11(2)3/h7,9,11H,5-6,8,10H2,1-4H3,(H,14,15,16). The summed E-state index contributed by atoms with van der Waals surface area (Å²) in [6.07, 6.45) is 3.59. The van der Waals surface area contributed by atoms with Crippen LogP contribution in [0.25, 0.3) is 0 Å². The summed E-state index contributed by atoms with van der Waals surface area (Å²) in [4.78, 5) is 8.32. The van der Waals surface area contributed by atoms with Crippen LogP contribution in [0.2, 0.25) is 0 Å². The first-order chi connectivity index (χ1) is 9.82. The van der Waals surface area contributed by atoms with E-state index in [1.54, 1.807) is 12.3 Å². The van der Waals surface area contributed by atoms with Crippen LogP contribution in [-0.2, 0) is 10.0 Å². The third kappa shape index (κ3) is 6.72. The van der Waals surface area contributed by atoms with Gasteiger partial charge in [-0.3, -0.25) is 0 Å². The number of ether oxygens (including phenoxy) is 1. The maximum Gasteiger partial charge on any atom is 0.225 e. The summed E-state index contributed by atoms with van der Waals surface area (Å²) in [7, 11) is -3.13. The number of nitrogens with zero attached hydrogens (tertiary/aromatic N) is 3. The van der Waals surface area contributed by atoms with Crippen molar-refractivity contribution in [2.75, 3.05) is 31.2 Å². The van der Waals surface area contributed by atoms with E-state index in [1.807, 2.05) is 20.8 Å². The molecule has 0 aliphatic rings. The lowest BCUT2D eigenvalue weighted by Gasteiger charge is -2.17. The fraction of sp³-hybridized carbons (Fsp3) is 0.692. The Morgan fingerprint density at radius 2 is 2.14 bits per heavy atom. The zero-order chi connectivity index (χ0) is 15.9. The van der Waals surface area contributed by atoms with E-state index in [4.69, 9.17) is 4.74 Å². The summed E-state index contributed by atoms with van der Waals surface area (Å²) in [6, 6.07) is 1.70. The van der Waals surface area contributed by atoms with Gasteiger partial charge in [-0.25, -0.2) is 17.7 Å². The average molecular weight is 316 g/mol. The van der Waals surface area contributed by atoms with Crippen LogP contribution in [0.4, 0.5) is 5.95 Å². The van der Waals surface area contributed by atoms with Crippen molar-refractivity contribution in [1.29, 1.82) is 0 Å². The van der Waals surface area contributed by atoms with Gasteiger partial charge in [0.25, 0.3) is 0 Å². The molecule has 1 aromatic heterocycles. The van der Waals surface area contributed by atoms with E-state index in [2.05, 4.69) is 15.3 Å². The molecule has 0 spiro atoms. The van der Waals surface area contributed by atoms with Gasteiger partial charge in [-0.05, 0) is 20.3 Å². The zero-order valence-electron chi connectivity index (χ0n) is 13.0. The van der Waals surface area contributed by atoms with Crippen molar-refractivity contribution in [1.82, 2.24) is 14.3 Å². The number of anilines is 1. The highest BCUT2D eigenvalue weighted by atomic mass is 32.2. The molecular formula is C13H24N4O3S. The molecule has 0 fully saturated rings. The molecule has 0 bridgehead atoms. The predicted molar refractivity (Wildman–Crippen MR) is 83.0 cm³/mol. The van der Waals surface area contributed by atoms with Crippen LogP contribution in [0, 0.1) is 0 Å². The molecule has 0 aliphatic carbocycles. The van der Waals surface area contributed by atoms with Crippen LogP contribution in [0.1, 0.15) is 27.2 Å². The number of hydrogen-bond donors (Lipinski definition) is 1. The number of aromatic nitrogens is 2. The number of nitrogens with one attached hydrogen (secondary N) is 1. The van der Waals surface area contributed by atoms with Crippen molar-refractivity contribution < 1.29 is 13.2 Å². The molecule has 1 heterocycles. The van der Waals surface area contributed by atoms with Crippen LogP contribution in [0.5, 0.6) is 5.88 Å². The lowest BCUT2D eigenvalue weighted by molar-refractivity contribution is 0.232. The second-order valence-electron chi connectivity index (χ2n) is 4.92. The quantitative estimate of drug-likeness (QED) is 0.692. The van der Waals surface area contributed by atoms with Crippen LogP contribution in [-0.4, -0.2) is 54.7 Å². The minimum atomic E-state index is -3.13. The van der Waals surface area contributed by atoms with Gasteiger partial charge >= 0.3 is 0 Å². The highest BCUT2D eigenvalue weighted by Crippen LogP contribution is 2.10. The molecule has 0 amide bonds. The van der Waals surface area contributed by atoms with Gasteiger partial charge < -0.3 is 10.1 Å². The van der Waals surface area contributed by atoms with Crippen molar-refractivity contribution in [3.8, 4) is 5.88 Å². The van der Waals surface area contributed by atoms with Crippen molar-refractivity contribution >= 4 is 16.0 Å². The molecule has 0 saturated carbocycles. The summed E-state index contributed by atoms with van der Waals surface area (Å²) in [6.45, 7) is 7.23. The minimum absolute atomic E-state index is 0.0561. The highest BCUT2D eigenvalue weighted by molar-refractivity contribution is 7.88. The van der Waals surface area contributed by atoms with Gasteiger partial charge in [0.2, 0.25) is 21.9 Å². The van der Waals surface area contributed by atoms with E-state index >= 15 is 0 Å². The van der Waals surface area contributed by atoms with E-state index in [-0.39, 0.29) is 6.10 Å². The van der Waals surface area contributed by atoms with Gasteiger partial charge in [0, 0.05) is 31.9 Å². The molecule has 0 radical (unpaired) electrons. The van der Waals surface area contributed by atoms with Gasteiger partial charge in [-0.2, -0.15) is 4.98 Å². The number of rotatable bonds is 9. The average Bonchev–Trinajstić information content (AvgIpc) is 2.36. The van der Waals surface area contributed by atoms with Crippen molar-refractivity contribution in [2.24, 2.45) is 0 Å². The van der Waals surface area contributed by atoms with Crippen LogP contribution < -0.4 is 10.1 Å². The topological polar surface area (TPSA) is 84.4 Å². The molecule has 0 atom stereocenters.